The Hall–Kier alpha value is -2.98. The minimum absolute atomic E-state index is 0.297. The molecular weight excluding hydrogens is 434 g/mol. The van der Waals surface area contributed by atoms with Gasteiger partial charge in [0, 0.05) is 31.4 Å². The van der Waals surface area contributed by atoms with Crippen LogP contribution in [0.2, 0.25) is 0 Å². The SMILES string of the molecule is COc1ccc(N(CC(=O)NCc2ccc(N3CCOCC3)cc2)S(C)(=O)=O)cc1OC. The van der Waals surface area contributed by atoms with Crippen molar-refractivity contribution in [2.24, 2.45) is 0 Å². The Balaban J connectivity index is 1.63. The number of nitrogens with one attached hydrogen (secondary N) is 1. The van der Waals surface area contributed by atoms with E-state index in [4.69, 9.17) is 14.2 Å². The molecule has 0 spiro atoms. The lowest BCUT2D eigenvalue weighted by Crippen LogP contribution is -2.40. The summed E-state index contributed by atoms with van der Waals surface area (Å²) >= 11 is 0. The number of morpholine rings is 1. The molecule has 0 bridgehead atoms. The van der Waals surface area contributed by atoms with E-state index in [0.29, 0.717) is 36.9 Å². The number of amides is 1. The Morgan fingerprint density at radius 2 is 1.72 bits per heavy atom. The van der Waals surface area contributed by atoms with Crippen LogP contribution >= 0.6 is 0 Å². The number of carbonyl (C=O) groups is 1. The average Bonchev–Trinajstić information content (AvgIpc) is 2.81. The van der Waals surface area contributed by atoms with Crippen LogP contribution in [0.1, 0.15) is 5.56 Å². The zero-order valence-corrected chi connectivity index (χ0v) is 19.4. The second-order valence-corrected chi connectivity index (χ2v) is 9.26. The van der Waals surface area contributed by atoms with Crippen molar-refractivity contribution in [3.8, 4) is 11.5 Å². The molecular formula is C22H29N3O6S. The van der Waals surface area contributed by atoms with Gasteiger partial charge in [0.25, 0.3) is 0 Å². The van der Waals surface area contributed by atoms with E-state index in [1.54, 1.807) is 12.1 Å². The van der Waals surface area contributed by atoms with Crippen molar-refractivity contribution in [2.45, 2.75) is 6.54 Å². The van der Waals surface area contributed by atoms with Crippen LogP contribution in [0.3, 0.4) is 0 Å². The van der Waals surface area contributed by atoms with Crippen LogP contribution in [0.4, 0.5) is 11.4 Å². The summed E-state index contributed by atoms with van der Waals surface area (Å²) in [5.74, 6) is 0.427. The minimum atomic E-state index is -3.70. The van der Waals surface area contributed by atoms with Gasteiger partial charge in [-0.2, -0.15) is 0 Å². The summed E-state index contributed by atoms with van der Waals surface area (Å²) in [5.41, 5.74) is 2.35. The standard InChI is InChI=1S/C22H29N3O6S/c1-29-20-9-8-19(14-21(20)30-2)25(32(3,27)28)16-22(26)23-15-17-4-6-18(7-5-17)24-10-12-31-13-11-24/h4-9,14H,10-13,15-16H2,1-3H3,(H,23,26). The number of anilines is 2. The van der Waals surface area contributed by atoms with Crippen molar-refractivity contribution in [3.05, 3.63) is 48.0 Å². The fourth-order valence-electron chi connectivity index (χ4n) is 3.41. The molecule has 1 N–H and O–H groups in total. The first kappa shape index (κ1) is 23.7. The molecule has 2 aromatic carbocycles. The van der Waals surface area contributed by atoms with Crippen LogP contribution in [-0.4, -0.2) is 67.6 Å². The minimum Gasteiger partial charge on any atom is -0.493 e. The van der Waals surface area contributed by atoms with E-state index in [9.17, 15) is 13.2 Å². The third kappa shape index (κ3) is 6.04. The molecule has 1 heterocycles. The fraction of sp³-hybridized carbons (Fsp3) is 0.409. The monoisotopic (exact) mass is 463 g/mol. The van der Waals surface area contributed by atoms with E-state index >= 15 is 0 Å². The maximum atomic E-state index is 12.5. The fourth-order valence-corrected chi connectivity index (χ4v) is 4.26. The maximum Gasteiger partial charge on any atom is 0.241 e. The highest BCUT2D eigenvalue weighted by molar-refractivity contribution is 7.92. The molecule has 1 amide bonds. The van der Waals surface area contributed by atoms with Crippen LogP contribution < -0.4 is 24.0 Å². The van der Waals surface area contributed by atoms with Gasteiger partial charge in [-0.1, -0.05) is 12.1 Å². The average molecular weight is 464 g/mol. The number of hydrogen-bond acceptors (Lipinski definition) is 7. The number of ether oxygens (including phenoxy) is 3. The van der Waals surface area contributed by atoms with Gasteiger partial charge >= 0.3 is 0 Å². The molecule has 1 aliphatic rings. The van der Waals surface area contributed by atoms with Crippen LogP contribution in [0.5, 0.6) is 11.5 Å². The second kappa shape index (κ2) is 10.6. The van der Waals surface area contributed by atoms with E-state index < -0.39 is 15.9 Å². The van der Waals surface area contributed by atoms with Crippen molar-refractivity contribution in [3.63, 3.8) is 0 Å². The summed E-state index contributed by atoms with van der Waals surface area (Å²) in [6, 6.07) is 12.6. The van der Waals surface area contributed by atoms with Crippen LogP contribution in [-0.2, 0) is 26.1 Å². The maximum absolute atomic E-state index is 12.5. The topological polar surface area (TPSA) is 97.4 Å². The predicted octanol–water partition coefficient (Wildman–Crippen LogP) is 1.62. The lowest BCUT2D eigenvalue weighted by atomic mass is 10.2. The third-order valence-electron chi connectivity index (χ3n) is 5.14. The summed E-state index contributed by atoms with van der Waals surface area (Å²) in [5, 5.41) is 2.79. The van der Waals surface area contributed by atoms with E-state index in [1.165, 1.54) is 20.3 Å². The predicted molar refractivity (Wildman–Crippen MR) is 123 cm³/mol. The van der Waals surface area contributed by atoms with E-state index in [0.717, 1.165) is 34.9 Å². The molecule has 1 saturated heterocycles. The van der Waals surface area contributed by atoms with Gasteiger partial charge in [-0.15, -0.1) is 0 Å². The Bertz CT molecular complexity index is 1020. The van der Waals surface area contributed by atoms with Gasteiger partial charge in [-0.05, 0) is 29.8 Å². The van der Waals surface area contributed by atoms with Crippen LogP contribution in [0.15, 0.2) is 42.5 Å². The van der Waals surface area contributed by atoms with Crippen LogP contribution in [0.25, 0.3) is 0 Å². The Kier molecular flexibility index (Phi) is 7.81. The van der Waals surface area contributed by atoms with Crippen molar-refractivity contribution in [1.29, 1.82) is 0 Å². The quantitative estimate of drug-likeness (QED) is 0.604. The first-order valence-corrected chi connectivity index (χ1v) is 12.0. The normalized spacial score (nSPS) is 14.0. The lowest BCUT2D eigenvalue weighted by Gasteiger charge is -2.29. The number of nitrogens with zero attached hydrogens (tertiary/aromatic N) is 2. The van der Waals surface area contributed by atoms with E-state index in [-0.39, 0.29) is 6.54 Å². The van der Waals surface area contributed by atoms with Gasteiger partial charge < -0.3 is 24.4 Å². The Morgan fingerprint density at radius 3 is 2.31 bits per heavy atom. The molecule has 0 aliphatic carbocycles. The highest BCUT2D eigenvalue weighted by Crippen LogP contribution is 2.32. The van der Waals surface area contributed by atoms with Crippen molar-refractivity contribution in [2.75, 3.05) is 62.5 Å². The molecule has 10 heteroatoms. The van der Waals surface area contributed by atoms with E-state index in [2.05, 4.69) is 10.2 Å². The summed E-state index contributed by atoms with van der Waals surface area (Å²) < 4.78 is 41.5. The molecule has 174 valence electrons. The van der Waals surface area contributed by atoms with Gasteiger partial charge in [-0.25, -0.2) is 8.42 Å². The molecule has 0 saturated carbocycles. The molecule has 32 heavy (non-hydrogen) atoms. The number of sulfonamides is 1. The van der Waals surface area contributed by atoms with Crippen LogP contribution in [0, 0.1) is 0 Å². The number of hydrogen-bond donors (Lipinski definition) is 1. The smallest absolute Gasteiger partial charge is 0.241 e. The zero-order chi connectivity index (χ0) is 23.1. The van der Waals surface area contributed by atoms with Crippen molar-refractivity contribution < 1.29 is 27.4 Å². The van der Waals surface area contributed by atoms with Gasteiger partial charge in [0.1, 0.15) is 6.54 Å². The largest absolute Gasteiger partial charge is 0.493 e. The Morgan fingerprint density at radius 1 is 1.06 bits per heavy atom. The Labute approximate surface area is 188 Å². The molecule has 0 radical (unpaired) electrons. The first-order chi connectivity index (χ1) is 15.3. The summed E-state index contributed by atoms with van der Waals surface area (Å²) in [6.45, 7) is 3.09. The number of methoxy groups -OCH3 is 2. The molecule has 3 rings (SSSR count). The van der Waals surface area contributed by atoms with Gasteiger partial charge in [0.05, 0.1) is 39.4 Å². The highest BCUT2D eigenvalue weighted by Gasteiger charge is 2.22. The number of carbonyl (C=O) groups excluding carboxylic acids is 1. The molecule has 9 nitrogen and oxygen atoms in total. The molecule has 0 aromatic heterocycles. The van der Waals surface area contributed by atoms with Gasteiger partial charge in [0.15, 0.2) is 11.5 Å². The molecule has 1 aliphatic heterocycles. The third-order valence-corrected chi connectivity index (χ3v) is 6.29. The summed E-state index contributed by atoms with van der Waals surface area (Å²) in [4.78, 5) is 14.8. The first-order valence-electron chi connectivity index (χ1n) is 10.2. The number of rotatable bonds is 9. The van der Waals surface area contributed by atoms with Crippen molar-refractivity contribution in [1.82, 2.24) is 5.32 Å². The second-order valence-electron chi connectivity index (χ2n) is 7.35. The van der Waals surface area contributed by atoms with E-state index in [1.807, 2.05) is 24.3 Å². The summed E-state index contributed by atoms with van der Waals surface area (Å²) in [7, 11) is -0.744. The zero-order valence-electron chi connectivity index (χ0n) is 18.5. The van der Waals surface area contributed by atoms with Gasteiger partial charge in [-0.3, -0.25) is 9.10 Å². The lowest BCUT2D eigenvalue weighted by molar-refractivity contribution is -0.119. The highest BCUT2D eigenvalue weighted by atomic mass is 32.2. The molecule has 0 unspecified atom stereocenters. The van der Waals surface area contributed by atoms with Gasteiger partial charge in [0.2, 0.25) is 15.9 Å². The summed E-state index contributed by atoms with van der Waals surface area (Å²) in [6.07, 6.45) is 1.06. The number of benzene rings is 2. The molecule has 0 atom stereocenters. The molecule has 2 aromatic rings. The molecule has 1 fully saturated rings. The van der Waals surface area contributed by atoms with Crippen molar-refractivity contribution >= 4 is 27.3 Å².